The van der Waals surface area contributed by atoms with Gasteiger partial charge in [0.25, 0.3) is 0 Å². The fourth-order valence-electron chi connectivity index (χ4n) is 1.56. The number of benzene rings is 1. The van der Waals surface area contributed by atoms with Crippen molar-refractivity contribution >= 4 is 16.0 Å². The molecule has 0 aromatic heterocycles. The van der Waals surface area contributed by atoms with Gasteiger partial charge in [-0.2, -0.15) is 4.72 Å². The molecule has 1 aromatic carbocycles. The van der Waals surface area contributed by atoms with E-state index in [0.717, 1.165) is 5.56 Å². The summed E-state index contributed by atoms with van der Waals surface area (Å²) in [6.45, 7) is 5.19. The molecule has 1 aromatic rings. The average Bonchev–Trinajstić information content (AvgIpc) is 2.35. The molecule has 0 aliphatic carbocycles. The molecule has 0 saturated carbocycles. The number of aliphatic hydroxyl groups excluding tert-OH is 1. The molecule has 112 valence electrons. The van der Waals surface area contributed by atoms with Crippen molar-refractivity contribution in [2.45, 2.75) is 37.1 Å². The SMILES string of the molecule is CC(C)(C)c1ccc(S(=O)(=O)N[C@@H](CO)C(=O)O)cc1. The Kier molecular flexibility index (Phi) is 4.90. The van der Waals surface area contributed by atoms with Crippen LogP contribution < -0.4 is 4.72 Å². The van der Waals surface area contributed by atoms with Gasteiger partial charge in [0, 0.05) is 0 Å². The highest BCUT2D eigenvalue weighted by Gasteiger charge is 2.25. The van der Waals surface area contributed by atoms with E-state index < -0.39 is 28.6 Å². The first kappa shape index (κ1) is 16.6. The van der Waals surface area contributed by atoms with Gasteiger partial charge in [-0.15, -0.1) is 0 Å². The van der Waals surface area contributed by atoms with Crippen molar-refractivity contribution < 1.29 is 23.4 Å². The predicted molar refractivity (Wildman–Crippen MR) is 74.0 cm³/mol. The number of aliphatic hydroxyl groups is 1. The van der Waals surface area contributed by atoms with Crippen LogP contribution in [0, 0.1) is 0 Å². The number of nitrogens with one attached hydrogen (secondary N) is 1. The fourth-order valence-corrected chi connectivity index (χ4v) is 2.74. The van der Waals surface area contributed by atoms with Crippen molar-refractivity contribution in [1.82, 2.24) is 4.72 Å². The fraction of sp³-hybridized carbons (Fsp3) is 0.462. The summed E-state index contributed by atoms with van der Waals surface area (Å²) < 4.78 is 25.9. The molecule has 6 nitrogen and oxygen atoms in total. The maximum atomic E-state index is 12.0. The Morgan fingerprint density at radius 2 is 1.75 bits per heavy atom. The van der Waals surface area contributed by atoms with Gasteiger partial charge in [-0.25, -0.2) is 8.42 Å². The molecule has 0 radical (unpaired) electrons. The molecule has 0 heterocycles. The molecule has 1 rings (SSSR count). The molecule has 0 aliphatic heterocycles. The van der Waals surface area contributed by atoms with Gasteiger partial charge in [-0.1, -0.05) is 32.9 Å². The number of hydrogen-bond acceptors (Lipinski definition) is 4. The predicted octanol–water partition coefficient (Wildman–Crippen LogP) is 0.708. The summed E-state index contributed by atoms with van der Waals surface area (Å²) in [5.41, 5.74) is 0.859. The molecule has 20 heavy (non-hydrogen) atoms. The highest BCUT2D eigenvalue weighted by molar-refractivity contribution is 7.89. The van der Waals surface area contributed by atoms with Crippen molar-refractivity contribution in [2.75, 3.05) is 6.61 Å². The van der Waals surface area contributed by atoms with Gasteiger partial charge >= 0.3 is 5.97 Å². The summed E-state index contributed by atoms with van der Waals surface area (Å²) in [5, 5.41) is 17.6. The van der Waals surface area contributed by atoms with Crippen LogP contribution in [0.3, 0.4) is 0 Å². The van der Waals surface area contributed by atoms with Gasteiger partial charge in [0.2, 0.25) is 10.0 Å². The lowest BCUT2D eigenvalue weighted by molar-refractivity contribution is -0.139. The minimum absolute atomic E-state index is 0.0369. The topological polar surface area (TPSA) is 104 Å². The van der Waals surface area contributed by atoms with Gasteiger partial charge in [0.05, 0.1) is 11.5 Å². The first-order valence-corrected chi connectivity index (χ1v) is 7.53. The van der Waals surface area contributed by atoms with E-state index >= 15 is 0 Å². The van der Waals surface area contributed by atoms with E-state index in [0.29, 0.717) is 0 Å². The second-order valence-corrected chi connectivity index (χ2v) is 7.18. The van der Waals surface area contributed by atoms with Crippen LogP contribution in [0.5, 0.6) is 0 Å². The van der Waals surface area contributed by atoms with E-state index in [4.69, 9.17) is 10.2 Å². The lowest BCUT2D eigenvalue weighted by Crippen LogP contribution is -2.43. The summed E-state index contributed by atoms with van der Waals surface area (Å²) in [4.78, 5) is 10.7. The number of carboxylic acid groups (broad SMARTS) is 1. The Bertz CT molecular complexity index is 572. The van der Waals surface area contributed by atoms with Crippen molar-refractivity contribution in [1.29, 1.82) is 0 Å². The molecule has 1 atom stereocenters. The maximum Gasteiger partial charge on any atom is 0.324 e. The monoisotopic (exact) mass is 301 g/mol. The molecule has 0 unspecified atom stereocenters. The second-order valence-electron chi connectivity index (χ2n) is 5.47. The lowest BCUT2D eigenvalue weighted by Gasteiger charge is -2.19. The van der Waals surface area contributed by atoms with Crippen LogP contribution in [0.25, 0.3) is 0 Å². The summed E-state index contributed by atoms with van der Waals surface area (Å²) in [6.07, 6.45) is 0. The molecule has 0 saturated heterocycles. The van der Waals surface area contributed by atoms with Gasteiger partial charge < -0.3 is 10.2 Å². The van der Waals surface area contributed by atoms with Crippen LogP contribution >= 0.6 is 0 Å². The first-order chi connectivity index (χ1) is 9.08. The Hall–Kier alpha value is -1.44. The second kappa shape index (κ2) is 5.90. The van der Waals surface area contributed by atoms with E-state index in [-0.39, 0.29) is 10.3 Å². The number of hydrogen-bond donors (Lipinski definition) is 3. The summed E-state index contributed by atoms with van der Waals surface area (Å²) in [5.74, 6) is -1.43. The molecule has 0 bridgehead atoms. The quantitative estimate of drug-likeness (QED) is 0.743. The van der Waals surface area contributed by atoms with E-state index in [1.807, 2.05) is 25.5 Å². The van der Waals surface area contributed by atoms with E-state index in [2.05, 4.69) is 0 Å². The smallest absolute Gasteiger partial charge is 0.324 e. The molecule has 0 fully saturated rings. The van der Waals surface area contributed by atoms with Gasteiger partial charge in [-0.3, -0.25) is 4.79 Å². The molecule has 7 heteroatoms. The Labute approximate surface area is 118 Å². The van der Waals surface area contributed by atoms with Crippen molar-refractivity contribution in [3.8, 4) is 0 Å². The Morgan fingerprint density at radius 3 is 2.10 bits per heavy atom. The molecule has 0 amide bonds. The van der Waals surface area contributed by atoms with Crippen molar-refractivity contribution in [2.24, 2.45) is 0 Å². The highest BCUT2D eigenvalue weighted by atomic mass is 32.2. The number of carboxylic acids is 1. The third-order valence-electron chi connectivity index (χ3n) is 2.81. The van der Waals surface area contributed by atoms with Gasteiger partial charge in [-0.05, 0) is 23.1 Å². The largest absolute Gasteiger partial charge is 0.480 e. The number of rotatable bonds is 5. The Morgan fingerprint density at radius 1 is 1.25 bits per heavy atom. The minimum atomic E-state index is -3.97. The third-order valence-corrected chi connectivity index (χ3v) is 4.30. The lowest BCUT2D eigenvalue weighted by atomic mass is 9.87. The van der Waals surface area contributed by atoms with Crippen LogP contribution in [0.2, 0.25) is 0 Å². The standard InChI is InChI=1S/C13H19NO5S/c1-13(2,3)9-4-6-10(7-5-9)20(18,19)14-11(8-15)12(16)17/h4-7,11,14-15H,8H2,1-3H3,(H,16,17)/t11-/m0/s1. The molecular formula is C13H19NO5S. The zero-order valence-electron chi connectivity index (χ0n) is 11.6. The molecule has 3 N–H and O–H groups in total. The zero-order chi connectivity index (χ0) is 15.6. The summed E-state index contributed by atoms with van der Waals surface area (Å²) >= 11 is 0. The molecule has 0 aliphatic rings. The van der Waals surface area contributed by atoms with Gasteiger partial charge in [0.1, 0.15) is 6.04 Å². The van der Waals surface area contributed by atoms with Crippen LogP contribution in [0.4, 0.5) is 0 Å². The first-order valence-electron chi connectivity index (χ1n) is 6.04. The van der Waals surface area contributed by atoms with Crippen molar-refractivity contribution in [3.05, 3.63) is 29.8 Å². The van der Waals surface area contributed by atoms with Crippen LogP contribution in [-0.2, 0) is 20.2 Å². The zero-order valence-corrected chi connectivity index (χ0v) is 12.4. The Balaban J connectivity index is 3.02. The number of aliphatic carboxylic acids is 1. The maximum absolute atomic E-state index is 12.0. The number of carbonyl (C=O) groups is 1. The normalized spacial score (nSPS) is 14.0. The summed E-state index contributed by atoms with van der Waals surface area (Å²) in [7, 11) is -3.97. The van der Waals surface area contributed by atoms with E-state index in [1.54, 1.807) is 12.1 Å². The molecule has 0 spiro atoms. The average molecular weight is 301 g/mol. The highest BCUT2D eigenvalue weighted by Crippen LogP contribution is 2.23. The summed E-state index contributed by atoms with van der Waals surface area (Å²) in [6, 6.07) is 4.65. The van der Waals surface area contributed by atoms with E-state index in [1.165, 1.54) is 12.1 Å². The molecular weight excluding hydrogens is 282 g/mol. The van der Waals surface area contributed by atoms with Crippen molar-refractivity contribution in [3.63, 3.8) is 0 Å². The van der Waals surface area contributed by atoms with Gasteiger partial charge in [0.15, 0.2) is 0 Å². The van der Waals surface area contributed by atoms with Crippen LogP contribution in [0.1, 0.15) is 26.3 Å². The van der Waals surface area contributed by atoms with Crippen LogP contribution in [-0.4, -0.2) is 37.2 Å². The third kappa shape index (κ3) is 4.03. The van der Waals surface area contributed by atoms with Crippen LogP contribution in [0.15, 0.2) is 29.2 Å². The minimum Gasteiger partial charge on any atom is -0.480 e. The number of sulfonamides is 1. The van der Waals surface area contributed by atoms with E-state index in [9.17, 15) is 13.2 Å².